The highest BCUT2D eigenvalue weighted by Crippen LogP contribution is 2.31. The van der Waals surface area contributed by atoms with Crippen molar-refractivity contribution in [3.05, 3.63) is 0 Å². The zero-order chi connectivity index (χ0) is 13.8. The maximum absolute atomic E-state index is 12.3. The van der Waals surface area contributed by atoms with Crippen LogP contribution >= 0.6 is 0 Å². The maximum atomic E-state index is 12.3. The Morgan fingerprint density at radius 2 is 1.83 bits per heavy atom. The van der Waals surface area contributed by atoms with Gasteiger partial charge in [0.25, 0.3) is 0 Å². The fourth-order valence-corrected chi connectivity index (χ4v) is 3.79. The van der Waals surface area contributed by atoms with E-state index in [1.54, 1.807) is 4.31 Å². The lowest BCUT2D eigenvalue weighted by Gasteiger charge is -2.26. The van der Waals surface area contributed by atoms with Crippen molar-refractivity contribution in [3.63, 3.8) is 0 Å². The number of sulfonamides is 1. The highest BCUT2D eigenvalue weighted by molar-refractivity contribution is 7.89. The summed E-state index contributed by atoms with van der Waals surface area (Å²) in [6.45, 7) is 9.56. The summed E-state index contributed by atoms with van der Waals surface area (Å²) in [5.41, 5.74) is 0. The molecule has 18 heavy (non-hydrogen) atoms. The summed E-state index contributed by atoms with van der Waals surface area (Å²) in [5.74, 6) is 0.869. The molecule has 0 bridgehead atoms. The van der Waals surface area contributed by atoms with Gasteiger partial charge in [-0.25, -0.2) is 8.42 Å². The smallest absolute Gasteiger partial charge is 0.214 e. The molecule has 108 valence electrons. The van der Waals surface area contributed by atoms with Crippen molar-refractivity contribution in [2.45, 2.75) is 59.0 Å². The van der Waals surface area contributed by atoms with Crippen LogP contribution in [0.3, 0.4) is 0 Å². The molecular formula is C13H28N2O2S. The van der Waals surface area contributed by atoms with Crippen LogP contribution < -0.4 is 5.32 Å². The minimum Gasteiger partial charge on any atom is -0.314 e. The van der Waals surface area contributed by atoms with Crippen molar-refractivity contribution in [1.82, 2.24) is 9.62 Å². The molecule has 0 amide bonds. The van der Waals surface area contributed by atoms with Gasteiger partial charge in [-0.15, -0.1) is 0 Å². The lowest BCUT2D eigenvalue weighted by Crippen LogP contribution is -2.40. The predicted octanol–water partition coefficient (Wildman–Crippen LogP) is 1.82. The molecule has 0 aromatic carbocycles. The summed E-state index contributed by atoms with van der Waals surface area (Å²) in [7, 11) is -3.08. The fraction of sp³-hybridized carbons (Fsp3) is 1.00. The average molecular weight is 276 g/mol. The first-order valence-corrected chi connectivity index (χ1v) is 8.66. The second-order valence-electron chi connectivity index (χ2n) is 5.89. The van der Waals surface area contributed by atoms with Gasteiger partial charge in [0.2, 0.25) is 10.0 Å². The lowest BCUT2D eigenvalue weighted by atomic mass is 10.3. The van der Waals surface area contributed by atoms with E-state index < -0.39 is 10.0 Å². The first-order valence-electron chi connectivity index (χ1n) is 7.06. The second kappa shape index (κ2) is 6.87. The highest BCUT2D eigenvalue weighted by atomic mass is 32.2. The van der Waals surface area contributed by atoms with Gasteiger partial charge >= 0.3 is 0 Å². The van der Waals surface area contributed by atoms with E-state index in [0.717, 1.165) is 13.1 Å². The normalized spacial score (nSPS) is 17.1. The Morgan fingerprint density at radius 3 is 2.28 bits per heavy atom. The van der Waals surface area contributed by atoms with Crippen LogP contribution in [-0.4, -0.2) is 43.6 Å². The van der Waals surface area contributed by atoms with Gasteiger partial charge in [-0.05, 0) is 45.6 Å². The molecule has 0 heterocycles. The largest absolute Gasteiger partial charge is 0.314 e. The molecule has 5 heteroatoms. The van der Waals surface area contributed by atoms with Crippen LogP contribution in [0.4, 0.5) is 0 Å². The molecule has 1 rings (SSSR count). The van der Waals surface area contributed by atoms with Crippen molar-refractivity contribution in [2.75, 3.05) is 18.8 Å². The van der Waals surface area contributed by atoms with Crippen LogP contribution in [0, 0.1) is 5.92 Å². The molecule has 0 atom stereocenters. The van der Waals surface area contributed by atoms with E-state index in [-0.39, 0.29) is 11.8 Å². The predicted molar refractivity (Wildman–Crippen MR) is 76.1 cm³/mol. The van der Waals surface area contributed by atoms with E-state index in [2.05, 4.69) is 19.2 Å². The van der Waals surface area contributed by atoms with Gasteiger partial charge in [0.05, 0.1) is 5.75 Å². The summed E-state index contributed by atoms with van der Waals surface area (Å²) in [6.07, 6.45) is 3.07. The zero-order valence-corrected chi connectivity index (χ0v) is 13.0. The van der Waals surface area contributed by atoms with Gasteiger partial charge in [-0.1, -0.05) is 13.8 Å². The topological polar surface area (TPSA) is 49.4 Å². The molecule has 0 aromatic heterocycles. The van der Waals surface area contributed by atoms with Crippen molar-refractivity contribution in [1.29, 1.82) is 0 Å². The zero-order valence-electron chi connectivity index (χ0n) is 12.1. The summed E-state index contributed by atoms with van der Waals surface area (Å²) in [4.78, 5) is 0. The Morgan fingerprint density at radius 1 is 1.22 bits per heavy atom. The monoisotopic (exact) mass is 276 g/mol. The van der Waals surface area contributed by atoms with Gasteiger partial charge in [0.1, 0.15) is 0 Å². The Labute approximate surface area is 112 Å². The number of hydrogen-bond donors (Lipinski definition) is 1. The van der Waals surface area contributed by atoms with Crippen LogP contribution in [0.15, 0.2) is 0 Å². The molecule has 1 N–H and O–H groups in total. The van der Waals surface area contributed by atoms with Gasteiger partial charge < -0.3 is 5.32 Å². The molecule has 4 nitrogen and oxygen atoms in total. The summed E-state index contributed by atoms with van der Waals surface area (Å²) < 4.78 is 26.3. The fourth-order valence-electron chi connectivity index (χ4n) is 1.96. The number of nitrogens with zero attached hydrogens (tertiary/aromatic N) is 1. The highest BCUT2D eigenvalue weighted by Gasteiger charge is 2.31. The van der Waals surface area contributed by atoms with E-state index in [4.69, 9.17) is 0 Å². The molecule has 0 aliphatic heterocycles. The van der Waals surface area contributed by atoms with Crippen molar-refractivity contribution < 1.29 is 8.42 Å². The van der Waals surface area contributed by atoms with E-state index in [1.165, 1.54) is 12.8 Å². The molecular weight excluding hydrogens is 248 g/mol. The summed E-state index contributed by atoms with van der Waals surface area (Å²) >= 11 is 0. The van der Waals surface area contributed by atoms with Gasteiger partial charge in [0, 0.05) is 18.6 Å². The van der Waals surface area contributed by atoms with E-state index in [1.807, 2.05) is 13.8 Å². The molecule has 0 saturated heterocycles. The van der Waals surface area contributed by atoms with Crippen LogP contribution in [0.25, 0.3) is 0 Å². The van der Waals surface area contributed by atoms with Crippen molar-refractivity contribution >= 4 is 10.0 Å². The van der Waals surface area contributed by atoms with Gasteiger partial charge in [-0.2, -0.15) is 4.31 Å². The van der Waals surface area contributed by atoms with E-state index >= 15 is 0 Å². The van der Waals surface area contributed by atoms with Gasteiger partial charge in [0.15, 0.2) is 0 Å². The SMILES string of the molecule is CC(C)NCCCS(=O)(=O)N(CC1CC1)C(C)C. The number of nitrogens with one attached hydrogen (secondary N) is 1. The van der Waals surface area contributed by atoms with Crippen LogP contribution in [0.2, 0.25) is 0 Å². The van der Waals surface area contributed by atoms with Crippen molar-refractivity contribution in [3.8, 4) is 0 Å². The molecule has 1 aliphatic rings. The maximum Gasteiger partial charge on any atom is 0.214 e. The van der Waals surface area contributed by atoms with Crippen molar-refractivity contribution in [2.24, 2.45) is 5.92 Å². The Kier molecular flexibility index (Phi) is 6.08. The minimum absolute atomic E-state index is 0.0775. The number of hydrogen-bond acceptors (Lipinski definition) is 3. The molecule has 0 aromatic rings. The Hall–Kier alpha value is -0.130. The molecule has 1 aliphatic carbocycles. The van der Waals surface area contributed by atoms with Crippen LogP contribution in [0.5, 0.6) is 0 Å². The molecule has 1 fully saturated rings. The third-order valence-corrected chi connectivity index (χ3v) is 5.29. The van der Waals surface area contributed by atoms with E-state index in [0.29, 0.717) is 18.4 Å². The standard InChI is InChI=1S/C13H28N2O2S/c1-11(2)14-8-5-9-18(16,17)15(12(3)4)10-13-6-7-13/h11-14H,5-10H2,1-4H3. The quantitative estimate of drug-likeness (QED) is 0.654. The van der Waals surface area contributed by atoms with Crippen LogP contribution in [0.1, 0.15) is 47.0 Å². The van der Waals surface area contributed by atoms with Gasteiger partial charge in [-0.3, -0.25) is 0 Å². The molecule has 0 spiro atoms. The molecule has 0 unspecified atom stereocenters. The summed E-state index contributed by atoms with van der Waals surface area (Å²) in [6, 6.07) is 0.494. The molecule has 1 saturated carbocycles. The number of rotatable bonds is 9. The van der Waals surface area contributed by atoms with E-state index in [9.17, 15) is 8.42 Å². The Balaban J connectivity index is 2.42. The summed E-state index contributed by atoms with van der Waals surface area (Å²) in [5, 5.41) is 3.26. The molecule has 0 radical (unpaired) electrons. The third kappa shape index (κ3) is 5.67. The second-order valence-corrected chi connectivity index (χ2v) is 7.93. The first kappa shape index (κ1) is 15.9. The Bertz CT molecular complexity index is 335. The van der Waals surface area contributed by atoms with Crippen LogP contribution in [-0.2, 0) is 10.0 Å². The third-order valence-electron chi connectivity index (χ3n) is 3.20. The average Bonchev–Trinajstić information content (AvgIpc) is 3.04. The first-order chi connectivity index (χ1) is 8.33. The minimum atomic E-state index is -3.08. The lowest BCUT2D eigenvalue weighted by molar-refractivity contribution is 0.341.